The Balaban J connectivity index is 1.26. The third kappa shape index (κ3) is 4.86. The van der Waals surface area contributed by atoms with E-state index in [2.05, 4.69) is 34.9 Å². The van der Waals surface area contributed by atoms with Gasteiger partial charge in [0.15, 0.2) is 23.9 Å². The van der Waals surface area contributed by atoms with Crippen LogP contribution in [-0.2, 0) is 16.1 Å². The second-order valence-corrected chi connectivity index (χ2v) is 9.92. The summed E-state index contributed by atoms with van der Waals surface area (Å²) in [5.74, 6) is 0.953. The van der Waals surface area contributed by atoms with Gasteiger partial charge in [0.25, 0.3) is 5.91 Å². The minimum absolute atomic E-state index is 0.127. The van der Waals surface area contributed by atoms with Crippen molar-refractivity contribution < 1.29 is 19.1 Å². The SMILES string of the molecule is COc1cc(C2Nc3ccc4ccccc4c3C3=C2C(=O)CCC3)ccc1OCC(=O)NCc1ccccc1. The second-order valence-electron chi connectivity index (χ2n) is 9.92. The van der Waals surface area contributed by atoms with Crippen LogP contribution in [0.3, 0.4) is 0 Å². The number of amides is 1. The fraction of sp³-hybridized carbons (Fsp3) is 0.212. The van der Waals surface area contributed by atoms with Crippen LogP contribution in [-0.4, -0.2) is 25.4 Å². The number of ether oxygens (including phenoxy) is 2. The summed E-state index contributed by atoms with van der Waals surface area (Å²) in [4.78, 5) is 25.7. The molecule has 0 radical (unpaired) electrons. The molecule has 0 bridgehead atoms. The third-order valence-corrected chi connectivity index (χ3v) is 7.49. The zero-order valence-electron chi connectivity index (χ0n) is 21.8. The van der Waals surface area contributed by atoms with E-state index in [1.165, 1.54) is 0 Å². The first-order valence-corrected chi connectivity index (χ1v) is 13.3. The molecule has 6 nitrogen and oxygen atoms in total. The Morgan fingerprint density at radius 3 is 2.62 bits per heavy atom. The molecule has 6 heteroatoms. The maximum absolute atomic E-state index is 13.3. The molecular formula is C33H30N2O4. The first kappa shape index (κ1) is 24.7. The Bertz CT molecular complexity index is 1590. The number of fused-ring (bicyclic) bond motifs is 4. The van der Waals surface area contributed by atoms with Crippen molar-refractivity contribution in [3.8, 4) is 11.5 Å². The van der Waals surface area contributed by atoms with Gasteiger partial charge in [0.05, 0.1) is 13.2 Å². The van der Waals surface area contributed by atoms with Gasteiger partial charge in [0.2, 0.25) is 0 Å². The lowest BCUT2D eigenvalue weighted by atomic mass is 9.77. The normalized spacial score (nSPS) is 16.2. The van der Waals surface area contributed by atoms with Crippen LogP contribution in [0.2, 0.25) is 0 Å². The molecule has 0 saturated heterocycles. The summed E-state index contributed by atoms with van der Waals surface area (Å²) in [6.45, 7) is 0.313. The molecule has 0 fully saturated rings. The summed E-state index contributed by atoms with van der Waals surface area (Å²) in [6.07, 6.45) is 2.28. The number of carbonyl (C=O) groups excluding carboxylic acids is 2. The van der Waals surface area contributed by atoms with E-state index in [0.29, 0.717) is 24.5 Å². The van der Waals surface area contributed by atoms with Crippen molar-refractivity contribution in [2.24, 2.45) is 0 Å². The summed E-state index contributed by atoms with van der Waals surface area (Å²) >= 11 is 0. The number of benzene rings is 4. The highest BCUT2D eigenvalue weighted by Gasteiger charge is 2.35. The van der Waals surface area contributed by atoms with Gasteiger partial charge in [-0.05, 0) is 58.5 Å². The number of carbonyl (C=O) groups is 2. The minimum Gasteiger partial charge on any atom is -0.493 e. The van der Waals surface area contributed by atoms with Crippen molar-refractivity contribution in [2.45, 2.75) is 31.8 Å². The van der Waals surface area contributed by atoms with E-state index in [9.17, 15) is 9.59 Å². The maximum Gasteiger partial charge on any atom is 0.258 e. The van der Waals surface area contributed by atoms with Crippen LogP contribution >= 0.6 is 0 Å². The molecule has 1 aliphatic heterocycles. The van der Waals surface area contributed by atoms with E-state index in [1.54, 1.807) is 7.11 Å². The van der Waals surface area contributed by atoms with Crippen molar-refractivity contribution in [2.75, 3.05) is 19.0 Å². The molecule has 4 aromatic carbocycles. The number of hydrogen-bond acceptors (Lipinski definition) is 5. The summed E-state index contributed by atoms with van der Waals surface area (Å²) in [6, 6.07) is 27.6. The van der Waals surface area contributed by atoms with Gasteiger partial charge in [-0.1, -0.05) is 66.7 Å². The van der Waals surface area contributed by atoms with E-state index < -0.39 is 0 Å². The van der Waals surface area contributed by atoms with E-state index in [4.69, 9.17) is 9.47 Å². The number of anilines is 1. The van der Waals surface area contributed by atoms with E-state index >= 15 is 0 Å². The van der Waals surface area contributed by atoms with Crippen LogP contribution in [0.5, 0.6) is 11.5 Å². The van der Waals surface area contributed by atoms with Gasteiger partial charge < -0.3 is 20.1 Å². The lowest BCUT2D eigenvalue weighted by Crippen LogP contribution is -2.28. The van der Waals surface area contributed by atoms with E-state index in [-0.39, 0.29) is 24.3 Å². The molecule has 1 amide bonds. The van der Waals surface area contributed by atoms with Crippen LogP contribution in [0.25, 0.3) is 16.3 Å². The number of hydrogen-bond donors (Lipinski definition) is 2. The molecule has 1 aliphatic carbocycles. The van der Waals surface area contributed by atoms with Gasteiger partial charge in [0, 0.05) is 29.8 Å². The third-order valence-electron chi connectivity index (χ3n) is 7.49. The molecule has 1 atom stereocenters. The fourth-order valence-corrected chi connectivity index (χ4v) is 5.63. The predicted octanol–water partition coefficient (Wildman–Crippen LogP) is 6.22. The number of allylic oxidation sites excluding steroid dienone is 1. The zero-order valence-corrected chi connectivity index (χ0v) is 21.8. The van der Waals surface area contributed by atoms with Crippen LogP contribution in [0, 0.1) is 0 Å². The topological polar surface area (TPSA) is 76.7 Å². The molecule has 1 heterocycles. The molecule has 0 spiro atoms. The first-order chi connectivity index (χ1) is 19.1. The highest BCUT2D eigenvalue weighted by Crippen LogP contribution is 2.48. The molecule has 196 valence electrons. The Morgan fingerprint density at radius 1 is 0.949 bits per heavy atom. The lowest BCUT2D eigenvalue weighted by molar-refractivity contribution is -0.123. The van der Waals surface area contributed by atoms with Crippen LogP contribution < -0.4 is 20.1 Å². The van der Waals surface area contributed by atoms with Gasteiger partial charge in [-0.15, -0.1) is 0 Å². The van der Waals surface area contributed by atoms with Gasteiger partial charge >= 0.3 is 0 Å². The quantitative estimate of drug-likeness (QED) is 0.304. The molecule has 2 N–H and O–H groups in total. The Labute approximate surface area is 227 Å². The second kappa shape index (κ2) is 10.7. The molecular weight excluding hydrogens is 488 g/mol. The highest BCUT2D eigenvalue weighted by atomic mass is 16.5. The largest absolute Gasteiger partial charge is 0.493 e. The van der Waals surface area contributed by atoms with Gasteiger partial charge in [-0.2, -0.15) is 0 Å². The Morgan fingerprint density at radius 2 is 1.77 bits per heavy atom. The lowest BCUT2D eigenvalue weighted by Gasteiger charge is -2.35. The average Bonchev–Trinajstić information content (AvgIpc) is 2.98. The summed E-state index contributed by atoms with van der Waals surface area (Å²) < 4.78 is 11.5. The summed E-state index contributed by atoms with van der Waals surface area (Å²) in [5.41, 5.74) is 6.07. The molecule has 2 aliphatic rings. The van der Waals surface area contributed by atoms with Gasteiger partial charge in [-0.3, -0.25) is 9.59 Å². The van der Waals surface area contributed by atoms with Crippen LogP contribution in [0.4, 0.5) is 5.69 Å². The summed E-state index contributed by atoms with van der Waals surface area (Å²) in [7, 11) is 1.58. The zero-order chi connectivity index (χ0) is 26.8. The van der Waals surface area contributed by atoms with Crippen molar-refractivity contribution in [3.63, 3.8) is 0 Å². The van der Waals surface area contributed by atoms with E-state index in [1.807, 2.05) is 60.7 Å². The van der Waals surface area contributed by atoms with Crippen molar-refractivity contribution in [3.05, 3.63) is 107 Å². The van der Waals surface area contributed by atoms with Crippen molar-refractivity contribution in [1.29, 1.82) is 0 Å². The maximum atomic E-state index is 13.3. The smallest absolute Gasteiger partial charge is 0.258 e. The summed E-state index contributed by atoms with van der Waals surface area (Å²) in [5, 5.41) is 8.84. The number of ketones is 1. The van der Waals surface area contributed by atoms with E-state index in [0.717, 1.165) is 57.1 Å². The molecule has 0 aromatic heterocycles. The first-order valence-electron chi connectivity index (χ1n) is 13.3. The van der Waals surface area contributed by atoms with Gasteiger partial charge in [-0.25, -0.2) is 0 Å². The number of Topliss-reactive ketones (excluding diaryl/α,β-unsaturated/α-hetero) is 1. The van der Waals surface area contributed by atoms with Crippen molar-refractivity contribution in [1.82, 2.24) is 5.32 Å². The van der Waals surface area contributed by atoms with Crippen LogP contribution in [0.1, 0.15) is 42.0 Å². The van der Waals surface area contributed by atoms with Crippen molar-refractivity contribution >= 4 is 33.7 Å². The average molecular weight is 519 g/mol. The Hall–Kier alpha value is -4.58. The molecule has 4 aromatic rings. The molecule has 6 rings (SSSR count). The van der Waals surface area contributed by atoms with Gasteiger partial charge in [0.1, 0.15) is 0 Å². The molecule has 1 unspecified atom stereocenters. The highest BCUT2D eigenvalue weighted by molar-refractivity contribution is 6.12. The fourth-order valence-electron chi connectivity index (χ4n) is 5.63. The monoisotopic (exact) mass is 518 g/mol. The number of nitrogens with one attached hydrogen (secondary N) is 2. The predicted molar refractivity (Wildman–Crippen MR) is 153 cm³/mol. The molecule has 0 saturated carbocycles. The standard InChI is InChI=1S/C33H30N2O4/c1-38-29-18-23(15-17-28(29)39-20-30(37)34-19-21-8-3-2-4-9-21)33-32-25(12-7-13-27(32)36)31-24-11-6-5-10-22(24)14-16-26(31)35-33/h2-6,8-11,14-18,33,35H,7,12-13,19-20H2,1H3,(H,34,37). The Kier molecular flexibility index (Phi) is 6.76. The van der Waals surface area contributed by atoms with Crippen LogP contribution in [0.15, 0.2) is 90.5 Å². The number of methoxy groups -OCH3 is 1. The minimum atomic E-state index is -0.293. The number of rotatable bonds is 7. The molecule has 39 heavy (non-hydrogen) atoms.